The minimum Gasteiger partial charge on any atom is -0.344 e. The largest absolute Gasteiger partial charge is 0.344 e. The van der Waals surface area contributed by atoms with Crippen molar-refractivity contribution < 1.29 is 4.79 Å². The van der Waals surface area contributed by atoms with Crippen molar-refractivity contribution in [3.63, 3.8) is 0 Å². The first-order valence-electron chi connectivity index (χ1n) is 6.69. The van der Waals surface area contributed by atoms with Crippen LogP contribution in [-0.4, -0.2) is 43.0 Å². The highest BCUT2D eigenvalue weighted by atomic mass is 35.5. The highest BCUT2D eigenvalue weighted by Crippen LogP contribution is 2.30. The lowest BCUT2D eigenvalue weighted by molar-refractivity contribution is -0.129. The highest BCUT2D eigenvalue weighted by Gasteiger charge is 2.13. The molecule has 0 fully saturated rings. The maximum Gasteiger partial charge on any atom is 0.228 e. The zero-order chi connectivity index (χ0) is 15.2. The van der Waals surface area contributed by atoms with Crippen molar-refractivity contribution >= 4 is 53.7 Å². The van der Waals surface area contributed by atoms with Gasteiger partial charge >= 0.3 is 0 Å². The first kappa shape index (κ1) is 22.2. The number of carbonyl (C=O) groups excluding carboxylic acids is 1. The molecule has 2 aromatic rings. The van der Waals surface area contributed by atoms with Crippen molar-refractivity contribution in [2.75, 3.05) is 27.2 Å². The number of carbonyl (C=O) groups is 1. The Hall–Kier alpha value is -0.850. The highest BCUT2D eigenvalue weighted by molar-refractivity contribution is 7.13. The summed E-state index contributed by atoms with van der Waals surface area (Å²) in [6.45, 7) is 1.47. The van der Waals surface area contributed by atoms with Crippen LogP contribution in [0, 0.1) is 0 Å². The van der Waals surface area contributed by atoms with Crippen LogP contribution >= 0.6 is 47.8 Å². The molecular weight excluding hydrogens is 377 g/mol. The predicted molar refractivity (Wildman–Crippen MR) is 102 cm³/mol. The van der Waals surface area contributed by atoms with E-state index in [2.05, 4.69) is 10.3 Å². The fraction of sp³-hybridized carbons (Fsp3) is 0.333. The van der Waals surface area contributed by atoms with E-state index in [0.29, 0.717) is 18.0 Å². The minimum absolute atomic E-state index is 0. The molecule has 0 spiro atoms. The molecule has 2 rings (SSSR count). The molecule has 0 unspecified atom stereocenters. The maximum atomic E-state index is 12.1. The maximum absolute atomic E-state index is 12.1. The number of thiazole rings is 1. The van der Waals surface area contributed by atoms with Gasteiger partial charge in [-0.15, -0.1) is 36.2 Å². The molecule has 0 aliphatic carbocycles. The lowest BCUT2D eigenvalue weighted by Crippen LogP contribution is -2.33. The van der Waals surface area contributed by atoms with Gasteiger partial charge in [-0.25, -0.2) is 4.98 Å². The van der Waals surface area contributed by atoms with Crippen LogP contribution in [0.15, 0.2) is 29.6 Å². The number of nitrogens with one attached hydrogen (secondary N) is 1. The summed E-state index contributed by atoms with van der Waals surface area (Å²) >= 11 is 7.68. The monoisotopic (exact) mass is 395 g/mol. The smallest absolute Gasteiger partial charge is 0.228 e. The summed E-state index contributed by atoms with van der Waals surface area (Å²) in [4.78, 5) is 18.3. The number of nitrogens with zero attached hydrogens (tertiary/aromatic N) is 2. The Bertz CT molecular complexity index is 622. The molecule has 0 radical (unpaired) electrons. The predicted octanol–water partition coefficient (Wildman–Crippen LogP) is 3.53. The number of likely N-dealkylation sites (N-methyl/N-ethyl adjacent to an activating group) is 2. The molecule has 0 saturated heterocycles. The Labute approximate surface area is 158 Å². The normalized spacial score (nSPS) is 9.70. The fourth-order valence-electron chi connectivity index (χ4n) is 1.84. The third kappa shape index (κ3) is 6.28. The van der Waals surface area contributed by atoms with E-state index in [-0.39, 0.29) is 30.7 Å². The summed E-state index contributed by atoms with van der Waals surface area (Å²) in [5, 5.41) is 6.47. The van der Waals surface area contributed by atoms with E-state index in [1.807, 2.05) is 36.7 Å². The van der Waals surface area contributed by atoms with Crippen molar-refractivity contribution in [2.45, 2.75) is 6.42 Å². The van der Waals surface area contributed by atoms with E-state index in [0.717, 1.165) is 22.8 Å². The van der Waals surface area contributed by atoms with Crippen LogP contribution in [0.4, 0.5) is 0 Å². The standard InChI is InChI=1S/C15H18ClN3OS.2ClH/c1-17-7-8-19(2)14(20)9-11-10-21-15(18-11)12-5-3-4-6-13(12)16;;/h3-6,10,17H,7-9H2,1-2H3;2*1H. The summed E-state index contributed by atoms with van der Waals surface area (Å²) in [7, 11) is 3.68. The number of rotatable bonds is 6. The number of benzene rings is 1. The molecule has 0 saturated carbocycles. The van der Waals surface area contributed by atoms with E-state index in [9.17, 15) is 4.79 Å². The molecule has 23 heavy (non-hydrogen) atoms. The van der Waals surface area contributed by atoms with Gasteiger partial charge in [-0.3, -0.25) is 4.79 Å². The lowest BCUT2D eigenvalue weighted by Gasteiger charge is -2.16. The van der Waals surface area contributed by atoms with Gasteiger partial charge in [0, 0.05) is 31.1 Å². The number of hydrogen-bond donors (Lipinski definition) is 1. The van der Waals surface area contributed by atoms with Crippen LogP contribution in [0.2, 0.25) is 5.02 Å². The van der Waals surface area contributed by atoms with Crippen LogP contribution in [0.1, 0.15) is 5.69 Å². The van der Waals surface area contributed by atoms with Crippen molar-refractivity contribution in [3.8, 4) is 10.6 Å². The molecule has 1 amide bonds. The minimum atomic E-state index is 0. The molecule has 0 bridgehead atoms. The van der Waals surface area contributed by atoms with Crippen LogP contribution < -0.4 is 5.32 Å². The Kier molecular flexibility index (Phi) is 10.4. The summed E-state index contributed by atoms with van der Waals surface area (Å²) < 4.78 is 0. The van der Waals surface area contributed by atoms with Gasteiger partial charge in [-0.1, -0.05) is 29.8 Å². The molecule has 0 aliphatic rings. The Morgan fingerprint density at radius 3 is 2.70 bits per heavy atom. The summed E-state index contributed by atoms with van der Waals surface area (Å²) in [6.07, 6.45) is 0.321. The number of amides is 1. The van der Waals surface area contributed by atoms with Gasteiger partial charge in [-0.05, 0) is 13.1 Å². The Morgan fingerprint density at radius 2 is 2.04 bits per heavy atom. The van der Waals surface area contributed by atoms with E-state index >= 15 is 0 Å². The van der Waals surface area contributed by atoms with Gasteiger partial charge in [0.2, 0.25) is 5.91 Å². The Morgan fingerprint density at radius 1 is 1.35 bits per heavy atom. The van der Waals surface area contributed by atoms with E-state index in [1.54, 1.807) is 11.9 Å². The molecular formula is C15H20Cl3N3OS. The second-order valence-corrected chi connectivity index (χ2v) is 5.98. The third-order valence-electron chi connectivity index (χ3n) is 3.11. The molecule has 0 aliphatic heterocycles. The molecule has 1 N–H and O–H groups in total. The SMILES string of the molecule is CNCCN(C)C(=O)Cc1csc(-c2ccccc2Cl)n1.Cl.Cl. The summed E-state index contributed by atoms with van der Waals surface area (Å²) in [5.74, 6) is 0.0706. The van der Waals surface area contributed by atoms with Gasteiger partial charge in [0.25, 0.3) is 0 Å². The van der Waals surface area contributed by atoms with Gasteiger partial charge in [0.05, 0.1) is 17.1 Å². The van der Waals surface area contributed by atoms with Gasteiger partial charge in [0.15, 0.2) is 0 Å². The van der Waals surface area contributed by atoms with Crippen molar-refractivity contribution in [1.82, 2.24) is 15.2 Å². The van der Waals surface area contributed by atoms with E-state index in [4.69, 9.17) is 11.6 Å². The van der Waals surface area contributed by atoms with Crippen molar-refractivity contribution in [1.29, 1.82) is 0 Å². The van der Waals surface area contributed by atoms with Gasteiger partial charge in [0.1, 0.15) is 5.01 Å². The second kappa shape index (κ2) is 10.8. The summed E-state index contributed by atoms with van der Waals surface area (Å²) in [5.41, 5.74) is 1.70. The number of aromatic nitrogens is 1. The molecule has 0 atom stereocenters. The average Bonchev–Trinajstić information content (AvgIpc) is 2.93. The third-order valence-corrected chi connectivity index (χ3v) is 4.37. The van der Waals surface area contributed by atoms with E-state index in [1.165, 1.54) is 11.3 Å². The fourth-order valence-corrected chi connectivity index (χ4v) is 2.98. The van der Waals surface area contributed by atoms with Crippen LogP contribution in [0.3, 0.4) is 0 Å². The van der Waals surface area contributed by atoms with Crippen LogP contribution in [0.5, 0.6) is 0 Å². The first-order valence-corrected chi connectivity index (χ1v) is 7.95. The zero-order valence-electron chi connectivity index (χ0n) is 12.9. The van der Waals surface area contributed by atoms with Crippen molar-refractivity contribution in [3.05, 3.63) is 40.4 Å². The van der Waals surface area contributed by atoms with Gasteiger partial charge < -0.3 is 10.2 Å². The van der Waals surface area contributed by atoms with Crippen LogP contribution in [0.25, 0.3) is 10.6 Å². The zero-order valence-corrected chi connectivity index (χ0v) is 16.1. The van der Waals surface area contributed by atoms with Crippen LogP contribution in [-0.2, 0) is 11.2 Å². The first-order chi connectivity index (χ1) is 10.1. The molecule has 4 nitrogen and oxygen atoms in total. The molecule has 128 valence electrons. The number of halogens is 3. The number of hydrogen-bond acceptors (Lipinski definition) is 4. The molecule has 1 heterocycles. The lowest BCUT2D eigenvalue weighted by atomic mass is 10.2. The second-order valence-electron chi connectivity index (χ2n) is 4.72. The molecule has 1 aromatic carbocycles. The van der Waals surface area contributed by atoms with E-state index < -0.39 is 0 Å². The molecule has 1 aromatic heterocycles. The van der Waals surface area contributed by atoms with Gasteiger partial charge in [-0.2, -0.15) is 0 Å². The topological polar surface area (TPSA) is 45.2 Å². The quantitative estimate of drug-likeness (QED) is 0.812. The Balaban J connectivity index is 0.00000242. The average molecular weight is 397 g/mol. The molecule has 8 heteroatoms. The summed E-state index contributed by atoms with van der Waals surface area (Å²) in [6, 6.07) is 7.60. The van der Waals surface area contributed by atoms with Crippen molar-refractivity contribution in [2.24, 2.45) is 0 Å².